The van der Waals surface area contributed by atoms with Crippen LogP contribution in [-0.4, -0.2) is 12.1 Å². The third kappa shape index (κ3) is 3.14. The van der Waals surface area contributed by atoms with Gasteiger partial charge in [-0.3, -0.25) is 0 Å². The van der Waals surface area contributed by atoms with Gasteiger partial charge in [0.25, 0.3) is 0 Å². The van der Waals surface area contributed by atoms with E-state index < -0.39 is 0 Å². The van der Waals surface area contributed by atoms with Crippen molar-refractivity contribution in [1.82, 2.24) is 5.32 Å². The molecule has 0 radical (unpaired) electrons. The number of carbonyl (C=O) groups is 1. The van der Waals surface area contributed by atoms with Crippen LogP contribution in [0, 0.1) is 17.2 Å². The monoisotopic (exact) mass is 263 g/mol. The number of benzene rings is 1. The molecule has 2 amide bonds. The molecule has 1 aromatic rings. The molecule has 0 spiro atoms. The summed E-state index contributed by atoms with van der Waals surface area (Å²) >= 11 is 5.76. The number of hydrogen-bond acceptors (Lipinski definition) is 2. The van der Waals surface area contributed by atoms with Crippen molar-refractivity contribution in [2.75, 3.05) is 5.32 Å². The molecule has 0 saturated heterocycles. The summed E-state index contributed by atoms with van der Waals surface area (Å²) in [4.78, 5) is 11.8. The first kappa shape index (κ1) is 12.7. The van der Waals surface area contributed by atoms with Crippen LogP contribution in [0.3, 0.4) is 0 Å². The molecular formula is C13H14ClN3O. The highest BCUT2D eigenvalue weighted by Gasteiger charge is 2.28. The molecule has 1 fully saturated rings. The molecule has 1 aliphatic rings. The highest BCUT2D eigenvalue weighted by molar-refractivity contribution is 6.30. The number of rotatable bonds is 2. The number of amides is 2. The van der Waals surface area contributed by atoms with Gasteiger partial charge in [0, 0.05) is 16.8 Å². The van der Waals surface area contributed by atoms with Gasteiger partial charge in [0.15, 0.2) is 0 Å². The Labute approximate surface area is 111 Å². The molecule has 0 bridgehead atoms. The third-order valence-corrected chi connectivity index (χ3v) is 3.35. The van der Waals surface area contributed by atoms with Gasteiger partial charge >= 0.3 is 6.03 Å². The Hall–Kier alpha value is -1.73. The van der Waals surface area contributed by atoms with Crippen LogP contribution in [0.2, 0.25) is 5.02 Å². The Bertz CT molecular complexity index is 466. The molecule has 2 rings (SSSR count). The minimum atomic E-state index is -0.274. The van der Waals surface area contributed by atoms with Crippen LogP contribution in [0.25, 0.3) is 0 Å². The Morgan fingerprint density at radius 3 is 2.72 bits per heavy atom. The van der Waals surface area contributed by atoms with Gasteiger partial charge in [-0.05, 0) is 43.5 Å². The average Bonchev–Trinajstić information content (AvgIpc) is 2.79. The first-order valence-electron chi connectivity index (χ1n) is 5.92. The first-order chi connectivity index (χ1) is 8.69. The zero-order valence-corrected chi connectivity index (χ0v) is 10.6. The normalized spacial score (nSPS) is 22.2. The van der Waals surface area contributed by atoms with E-state index in [-0.39, 0.29) is 18.0 Å². The highest BCUT2D eigenvalue weighted by Crippen LogP contribution is 2.24. The summed E-state index contributed by atoms with van der Waals surface area (Å²) in [6.45, 7) is 0. The average molecular weight is 264 g/mol. The lowest BCUT2D eigenvalue weighted by molar-refractivity contribution is 0.247. The van der Waals surface area contributed by atoms with E-state index in [2.05, 4.69) is 16.7 Å². The third-order valence-electron chi connectivity index (χ3n) is 3.10. The summed E-state index contributed by atoms with van der Waals surface area (Å²) in [5, 5.41) is 15.1. The van der Waals surface area contributed by atoms with E-state index in [4.69, 9.17) is 16.9 Å². The second-order valence-corrected chi connectivity index (χ2v) is 4.81. The van der Waals surface area contributed by atoms with Crippen LogP contribution in [0.1, 0.15) is 19.3 Å². The first-order valence-corrected chi connectivity index (χ1v) is 6.29. The van der Waals surface area contributed by atoms with E-state index in [1.165, 1.54) is 0 Å². The molecule has 0 heterocycles. The van der Waals surface area contributed by atoms with Crippen LogP contribution in [0.5, 0.6) is 0 Å². The van der Waals surface area contributed by atoms with Crippen molar-refractivity contribution in [3.8, 4) is 6.07 Å². The summed E-state index contributed by atoms with van der Waals surface area (Å²) in [6, 6.07) is 8.81. The van der Waals surface area contributed by atoms with E-state index in [0.29, 0.717) is 10.7 Å². The Morgan fingerprint density at radius 2 is 2.06 bits per heavy atom. The van der Waals surface area contributed by atoms with Gasteiger partial charge in [-0.1, -0.05) is 11.6 Å². The van der Waals surface area contributed by atoms with Crippen LogP contribution in [0.4, 0.5) is 10.5 Å². The number of hydrogen-bond donors (Lipinski definition) is 2. The largest absolute Gasteiger partial charge is 0.334 e. The molecule has 1 saturated carbocycles. The van der Waals surface area contributed by atoms with E-state index in [9.17, 15) is 4.79 Å². The molecule has 0 aliphatic heterocycles. The standard InChI is InChI=1S/C13H14ClN3O/c14-10-4-6-11(7-5-10)16-13(18)17-12-3-1-2-9(12)8-15/h4-7,9,12H,1-3H2,(H2,16,17,18). The van der Waals surface area contributed by atoms with Gasteiger partial charge in [-0.2, -0.15) is 5.26 Å². The topological polar surface area (TPSA) is 64.9 Å². The zero-order chi connectivity index (χ0) is 13.0. The smallest absolute Gasteiger partial charge is 0.319 e. The minimum Gasteiger partial charge on any atom is -0.334 e. The lowest BCUT2D eigenvalue weighted by Gasteiger charge is -2.16. The molecule has 4 nitrogen and oxygen atoms in total. The number of nitrogens with zero attached hydrogens (tertiary/aromatic N) is 1. The van der Waals surface area contributed by atoms with Gasteiger partial charge in [0.1, 0.15) is 0 Å². The van der Waals surface area contributed by atoms with Crippen molar-refractivity contribution in [2.24, 2.45) is 5.92 Å². The molecule has 0 aromatic heterocycles. The minimum absolute atomic E-state index is 0.0395. The molecule has 2 unspecified atom stereocenters. The number of urea groups is 1. The summed E-state index contributed by atoms with van der Waals surface area (Å²) in [7, 11) is 0. The molecule has 18 heavy (non-hydrogen) atoms. The van der Waals surface area contributed by atoms with Crippen LogP contribution in [0.15, 0.2) is 24.3 Å². The maximum Gasteiger partial charge on any atom is 0.319 e. The Morgan fingerprint density at radius 1 is 1.33 bits per heavy atom. The van der Waals surface area contributed by atoms with E-state index in [1.807, 2.05) is 0 Å². The molecule has 94 valence electrons. The predicted octanol–water partition coefficient (Wildman–Crippen LogP) is 3.15. The molecular weight excluding hydrogens is 250 g/mol. The van der Waals surface area contributed by atoms with Crippen molar-refractivity contribution < 1.29 is 4.79 Å². The molecule has 2 atom stereocenters. The fourth-order valence-corrected chi connectivity index (χ4v) is 2.28. The van der Waals surface area contributed by atoms with Crippen molar-refractivity contribution in [1.29, 1.82) is 5.26 Å². The predicted molar refractivity (Wildman–Crippen MR) is 70.3 cm³/mol. The van der Waals surface area contributed by atoms with Crippen molar-refractivity contribution in [3.63, 3.8) is 0 Å². The van der Waals surface area contributed by atoms with E-state index >= 15 is 0 Å². The van der Waals surface area contributed by atoms with Crippen molar-refractivity contribution in [3.05, 3.63) is 29.3 Å². The van der Waals surface area contributed by atoms with Crippen LogP contribution in [-0.2, 0) is 0 Å². The summed E-state index contributed by atoms with van der Waals surface area (Å²) in [5.74, 6) is -0.0685. The second kappa shape index (κ2) is 5.74. The van der Waals surface area contributed by atoms with Crippen LogP contribution >= 0.6 is 11.6 Å². The fraction of sp³-hybridized carbons (Fsp3) is 0.385. The quantitative estimate of drug-likeness (QED) is 0.861. The highest BCUT2D eigenvalue weighted by atomic mass is 35.5. The van der Waals surface area contributed by atoms with E-state index in [1.54, 1.807) is 24.3 Å². The second-order valence-electron chi connectivity index (χ2n) is 4.38. The molecule has 5 heteroatoms. The maximum atomic E-state index is 11.8. The number of halogens is 1. The lowest BCUT2D eigenvalue weighted by atomic mass is 10.1. The fourth-order valence-electron chi connectivity index (χ4n) is 2.16. The zero-order valence-electron chi connectivity index (χ0n) is 9.82. The summed E-state index contributed by atoms with van der Waals surface area (Å²) in [5.41, 5.74) is 0.684. The van der Waals surface area contributed by atoms with Gasteiger partial charge in [-0.25, -0.2) is 4.79 Å². The van der Waals surface area contributed by atoms with Crippen molar-refractivity contribution >= 4 is 23.3 Å². The van der Waals surface area contributed by atoms with Gasteiger partial charge in [0.2, 0.25) is 0 Å². The number of nitrogens with one attached hydrogen (secondary N) is 2. The molecule has 1 aromatic carbocycles. The van der Waals surface area contributed by atoms with Crippen molar-refractivity contribution in [2.45, 2.75) is 25.3 Å². The SMILES string of the molecule is N#CC1CCCC1NC(=O)Nc1ccc(Cl)cc1. The number of anilines is 1. The number of carbonyl (C=O) groups excluding carboxylic acids is 1. The van der Waals surface area contributed by atoms with Crippen LogP contribution < -0.4 is 10.6 Å². The summed E-state index contributed by atoms with van der Waals surface area (Å²) in [6.07, 6.45) is 2.72. The Kier molecular flexibility index (Phi) is 4.06. The molecule has 2 N–H and O–H groups in total. The van der Waals surface area contributed by atoms with E-state index in [0.717, 1.165) is 19.3 Å². The van der Waals surface area contributed by atoms with Gasteiger partial charge in [-0.15, -0.1) is 0 Å². The van der Waals surface area contributed by atoms with Gasteiger partial charge in [0.05, 0.1) is 12.0 Å². The van der Waals surface area contributed by atoms with Gasteiger partial charge < -0.3 is 10.6 Å². The lowest BCUT2D eigenvalue weighted by Crippen LogP contribution is -2.39. The Balaban J connectivity index is 1.89. The molecule has 1 aliphatic carbocycles. The number of nitriles is 1. The summed E-state index contributed by atoms with van der Waals surface area (Å²) < 4.78 is 0. The maximum absolute atomic E-state index is 11.8.